The van der Waals surface area contributed by atoms with Gasteiger partial charge in [-0.3, -0.25) is 10.1 Å². The molecule has 70 valence electrons. The Morgan fingerprint density at radius 1 is 1.67 bits per heavy atom. The minimum absolute atomic E-state index is 0. The van der Waals surface area contributed by atoms with E-state index in [-0.39, 0.29) is 44.5 Å². The van der Waals surface area contributed by atoms with E-state index in [1.54, 1.807) is 11.8 Å². The summed E-state index contributed by atoms with van der Waals surface area (Å²) in [6.45, 7) is -0.286. The van der Waals surface area contributed by atoms with Crippen LogP contribution in [-0.2, 0) is 4.79 Å². The Morgan fingerprint density at radius 2 is 2.25 bits per heavy atom. The van der Waals surface area contributed by atoms with Crippen LogP contribution < -0.4 is 5.32 Å². The quantitative estimate of drug-likeness (QED) is 0.389. The SMILES string of the molecule is CSCC[C@H](NCO)C(=O)O.[CaH2]. The van der Waals surface area contributed by atoms with Crippen LogP contribution in [0.25, 0.3) is 0 Å². The van der Waals surface area contributed by atoms with Gasteiger partial charge in [-0.2, -0.15) is 11.8 Å². The third kappa shape index (κ3) is 7.64. The van der Waals surface area contributed by atoms with Crippen molar-refractivity contribution in [2.24, 2.45) is 0 Å². The molecule has 0 bridgehead atoms. The van der Waals surface area contributed by atoms with Crippen LogP contribution in [0.3, 0.4) is 0 Å². The summed E-state index contributed by atoms with van der Waals surface area (Å²) in [4.78, 5) is 10.4. The molecule has 0 heterocycles. The molecule has 0 saturated heterocycles. The second kappa shape index (κ2) is 10.1. The molecule has 0 aromatic heterocycles. The van der Waals surface area contributed by atoms with E-state index in [2.05, 4.69) is 5.32 Å². The van der Waals surface area contributed by atoms with Crippen LogP contribution >= 0.6 is 11.8 Å². The van der Waals surface area contributed by atoms with Crippen molar-refractivity contribution in [3.8, 4) is 0 Å². The summed E-state index contributed by atoms with van der Waals surface area (Å²) >= 11 is 1.59. The summed E-state index contributed by atoms with van der Waals surface area (Å²) in [6.07, 6.45) is 2.45. The van der Waals surface area contributed by atoms with E-state index in [0.717, 1.165) is 5.75 Å². The molecule has 12 heavy (non-hydrogen) atoms. The predicted molar refractivity (Wildman–Crippen MR) is 53.2 cm³/mol. The Hall–Kier alpha value is 1.000. The van der Waals surface area contributed by atoms with Crippen molar-refractivity contribution >= 4 is 55.5 Å². The molecule has 0 rings (SSSR count). The zero-order chi connectivity index (χ0) is 8.69. The first-order valence-electron chi connectivity index (χ1n) is 3.28. The first-order valence-corrected chi connectivity index (χ1v) is 4.67. The molecule has 0 spiro atoms. The number of rotatable bonds is 6. The summed E-state index contributed by atoms with van der Waals surface area (Å²) in [6, 6.07) is -0.618. The van der Waals surface area contributed by atoms with Crippen molar-refractivity contribution in [1.82, 2.24) is 5.32 Å². The van der Waals surface area contributed by atoms with Gasteiger partial charge in [0.25, 0.3) is 0 Å². The van der Waals surface area contributed by atoms with Crippen LogP contribution in [0.1, 0.15) is 6.42 Å². The van der Waals surface area contributed by atoms with E-state index in [9.17, 15) is 4.79 Å². The first kappa shape index (κ1) is 15.5. The molecule has 0 aromatic rings. The van der Waals surface area contributed by atoms with Gasteiger partial charge in [-0.05, 0) is 18.4 Å². The van der Waals surface area contributed by atoms with Gasteiger partial charge in [0.2, 0.25) is 0 Å². The maximum absolute atomic E-state index is 10.4. The van der Waals surface area contributed by atoms with Gasteiger partial charge < -0.3 is 10.2 Å². The zero-order valence-corrected chi connectivity index (χ0v) is 7.23. The second-order valence-corrected chi connectivity index (χ2v) is 3.02. The molecule has 0 unspecified atom stereocenters. The van der Waals surface area contributed by atoms with Gasteiger partial charge in [-0.15, -0.1) is 0 Å². The molecule has 0 aliphatic rings. The normalized spacial score (nSPS) is 11.8. The molecule has 0 saturated carbocycles. The summed E-state index contributed by atoms with van der Waals surface area (Å²) < 4.78 is 0. The second-order valence-electron chi connectivity index (χ2n) is 2.03. The van der Waals surface area contributed by atoms with Gasteiger partial charge in [-0.25, -0.2) is 0 Å². The van der Waals surface area contributed by atoms with Crippen LogP contribution in [0.4, 0.5) is 0 Å². The van der Waals surface area contributed by atoms with Crippen molar-refractivity contribution in [2.75, 3.05) is 18.7 Å². The Balaban J connectivity index is 0. The Morgan fingerprint density at radius 3 is 2.58 bits per heavy atom. The molecule has 0 aliphatic carbocycles. The average molecular weight is 221 g/mol. The van der Waals surface area contributed by atoms with Crippen molar-refractivity contribution in [3.63, 3.8) is 0 Å². The number of nitrogens with one attached hydrogen (secondary N) is 1. The standard InChI is InChI=1S/C6H13NO3S.Ca.2H/c1-11-3-2-5(6(9)10)7-4-8;;;/h5,7-8H,2-4H2,1H3,(H,9,10);;;/t5-;;;/m0.../s1. The molecular formula is C6H15CaNO3S. The van der Waals surface area contributed by atoms with Crippen molar-refractivity contribution in [1.29, 1.82) is 0 Å². The van der Waals surface area contributed by atoms with Crippen LogP contribution in [0, 0.1) is 0 Å². The van der Waals surface area contributed by atoms with Gasteiger partial charge in [0.1, 0.15) is 6.04 Å². The van der Waals surface area contributed by atoms with Crippen molar-refractivity contribution < 1.29 is 15.0 Å². The molecule has 0 aliphatic heterocycles. The number of aliphatic carboxylic acids is 1. The number of aliphatic hydroxyl groups is 1. The molecule has 4 nitrogen and oxygen atoms in total. The molecule has 0 aromatic carbocycles. The van der Waals surface area contributed by atoms with E-state index in [1.807, 2.05) is 6.26 Å². The number of carboxylic acid groups (broad SMARTS) is 1. The molecule has 1 atom stereocenters. The topological polar surface area (TPSA) is 69.6 Å². The zero-order valence-electron chi connectivity index (χ0n) is 6.41. The average Bonchev–Trinajstić information content (AvgIpc) is 1.97. The van der Waals surface area contributed by atoms with E-state index in [0.29, 0.717) is 6.42 Å². The number of thioether (sulfide) groups is 1. The number of hydrogen-bond donors (Lipinski definition) is 3. The number of carbonyl (C=O) groups is 1. The summed E-state index contributed by atoms with van der Waals surface area (Å²) in [5.41, 5.74) is 0. The molecule has 0 fully saturated rings. The fraction of sp³-hybridized carbons (Fsp3) is 0.833. The number of aliphatic hydroxyl groups excluding tert-OH is 1. The molecular weight excluding hydrogens is 206 g/mol. The minimum atomic E-state index is -0.909. The van der Waals surface area contributed by atoms with E-state index < -0.39 is 12.0 Å². The van der Waals surface area contributed by atoms with Gasteiger partial charge in [0.05, 0.1) is 6.73 Å². The fourth-order valence-electron chi connectivity index (χ4n) is 0.659. The summed E-state index contributed by atoms with van der Waals surface area (Å²) in [5, 5.41) is 19.4. The van der Waals surface area contributed by atoms with Crippen LogP contribution in [-0.4, -0.2) is 78.7 Å². The first-order chi connectivity index (χ1) is 5.22. The predicted octanol–water partition coefficient (Wildman–Crippen LogP) is -1.18. The maximum atomic E-state index is 10.4. The Labute approximate surface area is 106 Å². The van der Waals surface area contributed by atoms with Crippen molar-refractivity contribution in [2.45, 2.75) is 12.5 Å². The van der Waals surface area contributed by atoms with Gasteiger partial charge in [0, 0.05) is 0 Å². The van der Waals surface area contributed by atoms with Gasteiger partial charge >= 0.3 is 43.7 Å². The van der Waals surface area contributed by atoms with Crippen LogP contribution in [0.5, 0.6) is 0 Å². The van der Waals surface area contributed by atoms with E-state index in [1.165, 1.54) is 0 Å². The molecule has 3 N–H and O–H groups in total. The monoisotopic (exact) mass is 221 g/mol. The molecule has 6 heteroatoms. The molecule has 0 radical (unpaired) electrons. The van der Waals surface area contributed by atoms with Gasteiger partial charge in [-0.1, -0.05) is 0 Å². The van der Waals surface area contributed by atoms with E-state index >= 15 is 0 Å². The van der Waals surface area contributed by atoms with Gasteiger partial charge in [0.15, 0.2) is 0 Å². The van der Waals surface area contributed by atoms with Crippen LogP contribution in [0.15, 0.2) is 0 Å². The third-order valence-corrected chi connectivity index (χ3v) is 1.89. The van der Waals surface area contributed by atoms with Crippen molar-refractivity contribution in [3.05, 3.63) is 0 Å². The fourth-order valence-corrected chi connectivity index (χ4v) is 1.13. The Bertz CT molecular complexity index is 125. The molecule has 0 amide bonds. The number of carboxylic acids is 1. The Kier molecular flexibility index (Phi) is 13.0. The van der Waals surface area contributed by atoms with Crippen LogP contribution in [0.2, 0.25) is 0 Å². The van der Waals surface area contributed by atoms with E-state index in [4.69, 9.17) is 10.2 Å². The third-order valence-electron chi connectivity index (χ3n) is 1.25. The number of hydrogen-bond acceptors (Lipinski definition) is 4. The summed E-state index contributed by atoms with van der Waals surface area (Å²) in [5.74, 6) is -0.127. The summed E-state index contributed by atoms with van der Waals surface area (Å²) in [7, 11) is 0.